The lowest BCUT2D eigenvalue weighted by Crippen LogP contribution is -2.10. The van der Waals surface area contributed by atoms with Crippen LogP contribution in [0.4, 0.5) is 8.78 Å². The van der Waals surface area contributed by atoms with Crippen LogP contribution in [0.2, 0.25) is 0 Å². The Labute approximate surface area is 94.0 Å². The zero-order valence-corrected chi connectivity index (χ0v) is 8.72. The molecule has 0 aliphatic heterocycles. The van der Waals surface area contributed by atoms with Crippen LogP contribution in [0.1, 0.15) is 0 Å². The zero-order valence-electron chi connectivity index (χ0n) is 7.91. The molecule has 0 spiro atoms. The molecule has 6 heteroatoms. The van der Waals surface area contributed by atoms with E-state index in [2.05, 4.69) is 4.98 Å². The molecule has 1 aromatic carbocycles. The summed E-state index contributed by atoms with van der Waals surface area (Å²) in [6.45, 7) is 0. The summed E-state index contributed by atoms with van der Waals surface area (Å²) in [5.74, 6) is -1.20. The van der Waals surface area contributed by atoms with E-state index in [0.29, 0.717) is 0 Å². The third kappa shape index (κ3) is 1.92. The van der Waals surface area contributed by atoms with Crippen molar-refractivity contribution in [1.29, 1.82) is 0 Å². The first kappa shape index (κ1) is 10.7. The topological polar surface area (TPSA) is 37.8 Å². The lowest BCUT2D eigenvalue weighted by Gasteiger charge is -2.06. The van der Waals surface area contributed by atoms with Crippen LogP contribution in [0.25, 0.3) is 5.69 Å². The van der Waals surface area contributed by atoms with Gasteiger partial charge in [0.1, 0.15) is 11.6 Å². The van der Waals surface area contributed by atoms with E-state index in [4.69, 9.17) is 12.2 Å². The highest BCUT2D eigenvalue weighted by Crippen LogP contribution is 2.14. The van der Waals surface area contributed by atoms with E-state index in [1.165, 1.54) is 16.8 Å². The van der Waals surface area contributed by atoms with Gasteiger partial charge in [0.2, 0.25) is 0 Å². The third-order valence-electron chi connectivity index (χ3n) is 1.99. The van der Waals surface area contributed by atoms with E-state index in [1.54, 1.807) is 0 Å². The van der Waals surface area contributed by atoms with Crippen molar-refractivity contribution >= 4 is 12.2 Å². The van der Waals surface area contributed by atoms with E-state index in [1.807, 2.05) is 0 Å². The van der Waals surface area contributed by atoms with Gasteiger partial charge in [0, 0.05) is 18.3 Å². The van der Waals surface area contributed by atoms with Gasteiger partial charge in [-0.05, 0) is 24.4 Å². The maximum atomic E-state index is 13.4. The van der Waals surface area contributed by atoms with Crippen LogP contribution in [0.3, 0.4) is 0 Å². The molecule has 82 valence electrons. The van der Waals surface area contributed by atoms with Crippen molar-refractivity contribution in [3.05, 3.63) is 57.2 Å². The van der Waals surface area contributed by atoms with Gasteiger partial charge in [0.05, 0.1) is 5.69 Å². The van der Waals surface area contributed by atoms with Crippen LogP contribution in [-0.4, -0.2) is 9.55 Å². The van der Waals surface area contributed by atoms with E-state index in [9.17, 15) is 13.6 Å². The van der Waals surface area contributed by atoms with Gasteiger partial charge < -0.3 is 0 Å². The van der Waals surface area contributed by atoms with E-state index < -0.39 is 17.2 Å². The van der Waals surface area contributed by atoms with Crippen LogP contribution in [0, 0.1) is 16.4 Å². The number of rotatable bonds is 1. The molecule has 1 N–H and O–H groups in total. The first-order chi connectivity index (χ1) is 7.58. The quantitative estimate of drug-likeness (QED) is 0.776. The van der Waals surface area contributed by atoms with E-state index in [-0.39, 0.29) is 10.5 Å². The molecule has 0 fully saturated rings. The van der Waals surface area contributed by atoms with E-state index in [0.717, 1.165) is 18.2 Å². The number of benzene rings is 1. The van der Waals surface area contributed by atoms with Gasteiger partial charge in [-0.15, -0.1) is 0 Å². The summed E-state index contributed by atoms with van der Waals surface area (Å²) in [4.78, 5) is 13.2. The molecule has 0 unspecified atom stereocenters. The van der Waals surface area contributed by atoms with Gasteiger partial charge in [-0.25, -0.2) is 8.78 Å². The Kier molecular flexibility index (Phi) is 2.66. The molecule has 0 aliphatic carbocycles. The maximum Gasteiger partial charge on any atom is 0.251 e. The standard InChI is InChI=1S/C10H6F2N2OS/c11-6-1-2-7(12)8(5-6)14-4-3-9(15)13-10(14)16/h1-5H,(H,13,15,16). The number of aromatic nitrogens is 2. The number of H-pyrrole nitrogens is 1. The first-order valence-corrected chi connectivity index (χ1v) is 4.76. The molecule has 0 amide bonds. The maximum absolute atomic E-state index is 13.4. The molecule has 16 heavy (non-hydrogen) atoms. The number of hydrogen-bond acceptors (Lipinski definition) is 2. The van der Waals surface area contributed by atoms with Gasteiger partial charge in [-0.1, -0.05) is 0 Å². The Morgan fingerprint density at radius 3 is 2.69 bits per heavy atom. The molecule has 0 atom stereocenters. The normalized spacial score (nSPS) is 10.4. The van der Waals surface area contributed by atoms with E-state index >= 15 is 0 Å². The molecule has 1 aromatic heterocycles. The third-order valence-corrected chi connectivity index (χ3v) is 2.29. The molecule has 2 aromatic rings. The number of nitrogens with one attached hydrogen (secondary N) is 1. The minimum absolute atomic E-state index is 0.0111. The summed E-state index contributed by atoms with van der Waals surface area (Å²) in [7, 11) is 0. The Morgan fingerprint density at radius 2 is 2.00 bits per heavy atom. The molecule has 0 radical (unpaired) electrons. The number of nitrogens with zero attached hydrogens (tertiary/aromatic N) is 1. The van der Waals surface area contributed by atoms with Gasteiger partial charge in [0.15, 0.2) is 4.77 Å². The molecule has 0 saturated heterocycles. The zero-order chi connectivity index (χ0) is 11.7. The minimum Gasteiger partial charge on any atom is -0.299 e. The fraction of sp³-hybridized carbons (Fsp3) is 0. The lowest BCUT2D eigenvalue weighted by molar-refractivity contribution is 0.591. The van der Waals surface area contributed by atoms with Gasteiger partial charge in [-0.2, -0.15) is 0 Å². The summed E-state index contributed by atoms with van der Waals surface area (Å²) in [5.41, 5.74) is -0.431. The fourth-order valence-electron chi connectivity index (χ4n) is 1.28. The Balaban J connectivity index is 2.72. The smallest absolute Gasteiger partial charge is 0.251 e. The fourth-order valence-corrected chi connectivity index (χ4v) is 1.54. The second kappa shape index (κ2) is 3.97. The van der Waals surface area contributed by atoms with Crippen molar-refractivity contribution in [2.24, 2.45) is 0 Å². The first-order valence-electron chi connectivity index (χ1n) is 4.35. The highest BCUT2D eigenvalue weighted by Gasteiger charge is 2.06. The van der Waals surface area contributed by atoms with Crippen molar-refractivity contribution in [3.63, 3.8) is 0 Å². The van der Waals surface area contributed by atoms with Crippen LogP contribution >= 0.6 is 12.2 Å². The average molecular weight is 240 g/mol. The van der Waals surface area contributed by atoms with Crippen LogP contribution in [0.5, 0.6) is 0 Å². The number of aromatic amines is 1. The molecule has 0 saturated carbocycles. The monoisotopic (exact) mass is 240 g/mol. The highest BCUT2D eigenvalue weighted by atomic mass is 32.1. The van der Waals surface area contributed by atoms with Gasteiger partial charge >= 0.3 is 0 Å². The summed E-state index contributed by atoms with van der Waals surface area (Å²) in [6.07, 6.45) is 1.29. The second-order valence-corrected chi connectivity index (χ2v) is 3.46. The van der Waals surface area contributed by atoms with Gasteiger partial charge in [0.25, 0.3) is 5.56 Å². The number of halogens is 2. The van der Waals surface area contributed by atoms with Crippen molar-refractivity contribution in [1.82, 2.24) is 9.55 Å². The van der Waals surface area contributed by atoms with Gasteiger partial charge in [-0.3, -0.25) is 14.3 Å². The highest BCUT2D eigenvalue weighted by molar-refractivity contribution is 7.71. The Hall–Kier alpha value is -1.82. The molecule has 1 heterocycles. The molecule has 2 rings (SSSR count). The van der Waals surface area contributed by atoms with Crippen LogP contribution in [-0.2, 0) is 0 Å². The van der Waals surface area contributed by atoms with Crippen LogP contribution < -0.4 is 5.56 Å². The Morgan fingerprint density at radius 1 is 1.25 bits per heavy atom. The molecule has 0 bridgehead atoms. The molecule has 3 nitrogen and oxygen atoms in total. The summed E-state index contributed by atoms with van der Waals surface area (Å²) in [5, 5.41) is 0. The van der Waals surface area contributed by atoms with Crippen LogP contribution in [0.15, 0.2) is 35.3 Å². The second-order valence-electron chi connectivity index (χ2n) is 3.08. The molecular formula is C10H6F2N2OS. The average Bonchev–Trinajstić information content (AvgIpc) is 2.22. The van der Waals surface area contributed by atoms with Crippen molar-refractivity contribution < 1.29 is 8.78 Å². The summed E-state index contributed by atoms with van der Waals surface area (Å²) >= 11 is 4.84. The SMILES string of the molecule is O=c1ccn(-c2cc(F)ccc2F)c(=S)[nH]1. The summed E-state index contributed by atoms with van der Waals surface area (Å²) < 4.78 is 27.6. The lowest BCUT2D eigenvalue weighted by atomic mass is 10.3. The van der Waals surface area contributed by atoms with Crippen molar-refractivity contribution in [2.75, 3.05) is 0 Å². The molecule has 0 aliphatic rings. The number of hydrogen-bond donors (Lipinski definition) is 1. The van der Waals surface area contributed by atoms with Crippen molar-refractivity contribution in [3.8, 4) is 5.69 Å². The molecular weight excluding hydrogens is 234 g/mol. The minimum atomic E-state index is -0.621. The predicted octanol–water partition coefficient (Wildman–Crippen LogP) is 2.17. The predicted molar refractivity (Wildman–Crippen MR) is 57.1 cm³/mol. The Bertz CT molecular complexity index is 648. The summed E-state index contributed by atoms with van der Waals surface area (Å²) in [6, 6.07) is 4.19. The largest absolute Gasteiger partial charge is 0.299 e. The van der Waals surface area contributed by atoms with Crippen molar-refractivity contribution in [2.45, 2.75) is 0 Å².